The average molecular weight is 705 g/mol. The molecule has 11 nitrogen and oxygen atoms in total. The third kappa shape index (κ3) is 9.85. The summed E-state index contributed by atoms with van der Waals surface area (Å²) in [6.45, 7) is 15.4. The Labute approximate surface area is 300 Å². The number of carbonyl (C=O) groups excluding carboxylic acids is 1. The Morgan fingerprint density at radius 2 is 1.72 bits per heavy atom. The summed E-state index contributed by atoms with van der Waals surface area (Å²) in [6.07, 6.45) is 0.335. The van der Waals surface area contributed by atoms with Crippen molar-refractivity contribution in [1.82, 2.24) is 9.80 Å². The molecular weight excluding hydrogens is 640 g/mol. The molecule has 0 spiro atoms. The van der Waals surface area contributed by atoms with Crippen LogP contribution in [0, 0.1) is 30.1 Å². The molecule has 0 aliphatic carbocycles. The minimum absolute atomic E-state index is 0.0906. The fourth-order valence-corrected chi connectivity index (χ4v) is 8.18. The number of ether oxygens (including phenoxy) is 4. The van der Waals surface area contributed by atoms with E-state index in [2.05, 4.69) is 10.8 Å². The molecule has 0 radical (unpaired) electrons. The van der Waals surface area contributed by atoms with Gasteiger partial charge in [-0.3, -0.25) is 9.69 Å². The van der Waals surface area contributed by atoms with Crippen LogP contribution in [0.4, 0.5) is 0 Å². The van der Waals surface area contributed by atoms with Gasteiger partial charge in [0.1, 0.15) is 23.9 Å². The molecule has 1 aromatic carbocycles. The highest BCUT2D eigenvalue weighted by Gasteiger charge is 2.50. The predicted octanol–water partition coefficient (Wildman–Crippen LogP) is 3.18. The van der Waals surface area contributed by atoms with Crippen LogP contribution < -0.4 is 0 Å². The lowest BCUT2D eigenvalue weighted by Gasteiger charge is -2.47. The summed E-state index contributed by atoms with van der Waals surface area (Å²) < 4.78 is 24.8. The zero-order valence-corrected chi connectivity index (χ0v) is 32.1. The Balaban J connectivity index is 1.98. The fourth-order valence-electron chi connectivity index (χ4n) is 8.18. The summed E-state index contributed by atoms with van der Waals surface area (Å²) in [5.41, 5.74) is -1.35. The number of aliphatic hydroxyl groups excluding tert-OH is 2. The predicted molar refractivity (Wildman–Crippen MR) is 192 cm³/mol. The van der Waals surface area contributed by atoms with Crippen LogP contribution in [0.15, 0.2) is 24.3 Å². The molecule has 0 saturated carbocycles. The number of terminal acetylenes is 1. The molecule has 4 N–H and O–H groups in total. The molecule has 2 aliphatic heterocycles. The molecule has 0 bridgehead atoms. The highest BCUT2D eigenvalue weighted by Crippen LogP contribution is 2.37. The van der Waals surface area contributed by atoms with Crippen molar-refractivity contribution in [2.24, 2.45) is 17.8 Å². The van der Waals surface area contributed by atoms with Gasteiger partial charge in [0.15, 0.2) is 6.29 Å². The van der Waals surface area contributed by atoms with Gasteiger partial charge in [0.25, 0.3) is 0 Å². The molecule has 2 aliphatic rings. The number of nitrogens with zero attached hydrogens (tertiary/aromatic N) is 2. The second kappa shape index (κ2) is 17.6. The summed E-state index contributed by atoms with van der Waals surface area (Å²) in [5, 5.41) is 46.9. The van der Waals surface area contributed by atoms with E-state index in [9.17, 15) is 25.2 Å². The molecule has 14 atom stereocenters. The van der Waals surface area contributed by atoms with E-state index < -0.39 is 71.9 Å². The van der Waals surface area contributed by atoms with Crippen LogP contribution in [0.3, 0.4) is 0 Å². The minimum atomic E-state index is -1.73. The van der Waals surface area contributed by atoms with Crippen molar-refractivity contribution >= 4 is 5.97 Å². The number of likely N-dealkylation sites (N-methyl/N-ethyl adjacent to an activating group) is 2. The molecule has 11 heteroatoms. The average Bonchev–Trinajstić information content (AvgIpc) is 3.05. The Bertz CT molecular complexity index is 1270. The second-order valence-corrected chi connectivity index (χ2v) is 15.6. The topological polar surface area (TPSA) is 141 Å². The van der Waals surface area contributed by atoms with Gasteiger partial charge in [-0.05, 0) is 91.6 Å². The van der Waals surface area contributed by atoms with E-state index >= 15 is 0 Å². The number of benzene rings is 1. The van der Waals surface area contributed by atoms with E-state index in [1.165, 1.54) is 14.0 Å². The largest absolute Gasteiger partial charge is 0.459 e. The molecule has 50 heavy (non-hydrogen) atoms. The van der Waals surface area contributed by atoms with Gasteiger partial charge in [-0.2, -0.15) is 0 Å². The van der Waals surface area contributed by atoms with E-state index in [4.69, 9.17) is 25.4 Å². The van der Waals surface area contributed by atoms with Crippen LogP contribution >= 0.6 is 0 Å². The summed E-state index contributed by atoms with van der Waals surface area (Å²) >= 11 is 0. The van der Waals surface area contributed by atoms with E-state index in [1.807, 2.05) is 71.0 Å². The standard InChI is InChI=1S/C39H64N2O9/c1-13-28-15-17-29(18-16-28)22-41(11)30-19-24(4)48-37(32(30)42)50-35-25(5)33(47-12)26(6)36(44)49-31(14-2)39(9,46)34(43)27(7)40(10)21-23(3)20-38(35,8)45/h1,15-18,23-27,30-35,37,42-43,45-46H,14,19-22H2,2-12H3/t23-,24-,25+,26-,27-,30+,31-,32-,33+,34-,35-,37+,38-,39-/m1/s1. The van der Waals surface area contributed by atoms with E-state index in [-0.39, 0.29) is 30.9 Å². The van der Waals surface area contributed by atoms with Crippen molar-refractivity contribution < 1.29 is 44.2 Å². The first-order chi connectivity index (χ1) is 23.3. The van der Waals surface area contributed by atoms with E-state index in [0.717, 1.165) is 11.1 Å². The number of methoxy groups -OCH3 is 1. The molecular formula is C39H64N2O9. The first-order valence-corrected chi connectivity index (χ1v) is 18.1. The molecule has 2 saturated heterocycles. The molecule has 0 amide bonds. The Hall–Kier alpha value is -2.11. The number of rotatable bonds is 7. The van der Waals surface area contributed by atoms with E-state index in [1.54, 1.807) is 20.8 Å². The van der Waals surface area contributed by atoms with Crippen molar-refractivity contribution in [2.75, 3.05) is 27.7 Å². The van der Waals surface area contributed by atoms with Crippen molar-refractivity contribution in [3.63, 3.8) is 0 Å². The summed E-state index contributed by atoms with van der Waals surface area (Å²) in [7, 11) is 5.30. The molecule has 0 aromatic heterocycles. The van der Waals surface area contributed by atoms with Gasteiger partial charge in [-0.25, -0.2) is 0 Å². The normalized spacial score (nSPS) is 41.5. The van der Waals surface area contributed by atoms with Crippen LogP contribution in [-0.2, 0) is 30.3 Å². The lowest BCUT2D eigenvalue weighted by molar-refractivity contribution is -0.300. The second-order valence-electron chi connectivity index (χ2n) is 15.6. The molecule has 284 valence electrons. The van der Waals surface area contributed by atoms with E-state index in [0.29, 0.717) is 19.5 Å². The van der Waals surface area contributed by atoms with Crippen molar-refractivity contribution in [1.29, 1.82) is 0 Å². The number of cyclic esters (lactones) is 1. The molecule has 2 heterocycles. The van der Waals surface area contributed by atoms with Crippen molar-refractivity contribution in [2.45, 2.75) is 147 Å². The molecule has 0 unspecified atom stereocenters. The Kier molecular flexibility index (Phi) is 14.9. The van der Waals surface area contributed by atoms with Gasteiger partial charge in [-0.15, -0.1) is 6.42 Å². The lowest BCUT2D eigenvalue weighted by atomic mass is 9.78. The van der Waals surface area contributed by atoms with Crippen LogP contribution in [-0.4, -0.2) is 130 Å². The van der Waals surface area contributed by atoms with Crippen LogP contribution in [0.2, 0.25) is 0 Å². The molecule has 1 aromatic rings. The van der Waals surface area contributed by atoms with Gasteiger partial charge in [-0.1, -0.05) is 38.8 Å². The summed E-state index contributed by atoms with van der Waals surface area (Å²) in [5.74, 6) is 0.515. The molecule has 3 rings (SSSR count). The van der Waals surface area contributed by atoms with Crippen molar-refractivity contribution in [3.8, 4) is 12.3 Å². The SMILES string of the molecule is C#Cc1ccc(CN(C)[C@H]2C[C@@H](C)O[C@@H](O[C@@H]3[C@@H](C)[C@H](OC)[C@@H](C)C(=O)O[C@H](CC)[C@@](C)(O)[C@H](O)[C@@H](C)N(C)C[C@H](C)C[C@@]3(C)O)[C@@H]2O)cc1. The lowest BCUT2D eigenvalue weighted by Crippen LogP contribution is -2.59. The van der Waals surface area contributed by atoms with Gasteiger partial charge in [0.2, 0.25) is 0 Å². The Morgan fingerprint density at radius 1 is 1.10 bits per heavy atom. The maximum absolute atomic E-state index is 13.7. The molecule has 2 fully saturated rings. The smallest absolute Gasteiger partial charge is 0.311 e. The number of aliphatic hydroxyl groups is 4. The highest BCUT2D eigenvalue weighted by molar-refractivity contribution is 5.73. The third-order valence-electron chi connectivity index (χ3n) is 11.2. The minimum Gasteiger partial charge on any atom is -0.459 e. The zero-order valence-electron chi connectivity index (χ0n) is 32.1. The van der Waals surface area contributed by atoms with Crippen LogP contribution in [0.5, 0.6) is 0 Å². The van der Waals surface area contributed by atoms with Gasteiger partial charge in [0, 0.05) is 43.8 Å². The van der Waals surface area contributed by atoms with Gasteiger partial charge in [0.05, 0.1) is 29.8 Å². The number of hydrogen-bond acceptors (Lipinski definition) is 11. The monoisotopic (exact) mass is 704 g/mol. The maximum atomic E-state index is 13.7. The maximum Gasteiger partial charge on any atom is 0.311 e. The zero-order chi connectivity index (χ0) is 37.7. The highest BCUT2D eigenvalue weighted by atomic mass is 16.7. The van der Waals surface area contributed by atoms with Crippen molar-refractivity contribution in [3.05, 3.63) is 35.4 Å². The summed E-state index contributed by atoms with van der Waals surface area (Å²) in [4.78, 5) is 17.7. The number of esters is 1. The fraction of sp³-hybridized carbons (Fsp3) is 0.769. The van der Waals surface area contributed by atoms with Gasteiger partial charge >= 0.3 is 5.97 Å². The number of hydrogen-bond donors (Lipinski definition) is 4. The first kappa shape index (κ1) is 42.3. The quantitative estimate of drug-likeness (QED) is 0.246. The number of carbonyl (C=O) groups is 1. The first-order valence-electron chi connectivity index (χ1n) is 18.1. The Morgan fingerprint density at radius 3 is 2.28 bits per heavy atom. The third-order valence-corrected chi connectivity index (χ3v) is 11.2. The summed E-state index contributed by atoms with van der Waals surface area (Å²) in [6, 6.07) is 6.93. The van der Waals surface area contributed by atoms with Crippen LogP contribution in [0.1, 0.15) is 85.8 Å². The van der Waals surface area contributed by atoms with Crippen LogP contribution in [0.25, 0.3) is 0 Å². The van der Waals surface area contributed by atoms with Gasteiger partial charge < -0.3 is 44.3 Å².